The zero-order chi connectivity index (χ0) is 14.4. The van der Waals surface area contributed by atoms with Crippen molar-refractivity contribution in [2.24, 2.45) is 0 Å². The summed E-state index contributed by atoms with van der Waals surface area (Å²) < 4.78 is 10.3. The van der Waals surface area contributed by atoms with Crippen molar-refractivity contribution >= 4 is 5.69 Å². The van der Waals surface area contributed by atoms with Crippen LogP contribution in [0.25, 0.3) is 0 Å². The minimum Gasteiger partial charge on any atom is -0.497 e. The quantitative estimate of drug-likeness (QED) is 0.647. The Balaban J connectivity index is 1.96. The van der Waals surface area contributed by atoms with Crippen LogP contribution in [0.15, 0.2) is 42.5 Å². The van der Waals surface area contributed by atoms with E-state index in [4.69, 9.17) is 19.3 Å². The van der Waals surface area contributed by atoms with Gasteiger partial charge in [0.1, 0.15) is 11.5 Å². The van der Waals surface area contributed by atoms with Gasteiger partial charge in [0.2, 0.25) is 0 Å². The maximum atomic E-state index is 5.16. The smallest absolute Gasteiger partial charge is 0.168 e. The monoisotopic (exact) mass is 275 g/mol. The molecule has 0 aliphatic carbocycles. The molecule has 0 unspecified atom stereocenters. The Bertz CT molecular complexity index is 549. The minimum absolute atomic E-state index is 0.618. The van der Waals surface area contributed by atoms with E-state index in [1.54, 1.807) is 38.5 Å². The molecule has 2 rings (SSSR count). The molecule has 0 aromatic heterocycles. The number of rotatable bonds is 6. The molecular formula is C15H17NO4. The lowest BCUT2D eigenvalue weighted by molar-refractivity contribution is -0.178. The Morgan fingerprint density at radius 1 is 0.850 bits per heavy atom. The summed E-state index contributed by atoms with van der Waals surface area (Å²) in [6.45, 7) is 1.98. The maximum absolute atomic E-state index is 5.16. The van der Waals surface area contributed by atoms with E-state index in [2.05, 4.69) is 5.48 Å². The molecule has 0 heterocycles. The molecule has 0 spiro atoms. The molecule has 0 fully saturated rings. The number of nitrogens with one attached hydrogen (secondary N) is 1. The summed E-state index contributed by atoms with van der Waals surface area (Å²) in [7, 11) is 3.17. The molecule has 20 heavy (non-hydrogen) atoms. The molecule has 2 aromatic carbocycles. The Hall–Kier alpha value is -2.40. The van der Waals surface area contributed by atoms with Crippen molar-refractivity contribution < 1.29 is 19.3 Å². The Morgan fingerprint density at radius 2 is 1.55 bits per heavy atom. The maximum Gasteiger partial charge on any atom is 0.168 e. The molecular weight excluding hydrogens is 258 g/mol. The Kier molecular flexibility index (Phi) is 4.68. The van der Waals surface area contributed by atoms with Gasteiger partial charge in [-0.25, -0.2) is 5.48 Å². The van der Waals surface area contributed by atoms with E-state index < -0.39 is 0 Å². The molecule has 106 valence electrons. The highest BCUT2D eigenvalue weighted by Crippen LogP contribution is 2.25. The van der Waals surface area contributed by atoms with Crippen LogP contribution in [-0.2, 0) is 4.99 Å². The van der Waals surface area contributed by atoms with Gasteiger partial charge in [-0.1, -0.05) is 17.1 Å². The van der Waals surface area contributed by atoms with Gasteiger partial charge < -0.3 is 14.4 Å². The lowest BCUT2D eigenvalue weighted by Gasteiger charge is -2.10. The fourth-order valence-electron chi connectivity index (χ4n) is 1.65. The van der Waals surface area contributed by atoms with Crippen molar-refractivity contribution in [1.82, 2.24) is 0 Å². The van der Waals surface area contributed by atoms with E-state index in [9.17, 15) is 0 Å². The van der Waals surface area contributed by atoms with Crippen molar-refractivity contribution in [2.75, 3.05) is 19.7 Å². The number of aryl methyl sites for hydroxylation is 1. The molecule has 0 saturated carbocycles. The molecule has 0 aliphatic heterocycles. The van der Waals surface area contributed by atoms with Crippen LogP contribution >= 0.6 is 0 Å². The zero-order valence-electron chi connectivity index (χ0n) is 11.7. The number of ether oxygens (including phenoxy) is 2. The van der Waals surface area contributed by atoms with Crippen molar-refractivity contribution in [3.05, 3.63) is 48.0 Å². The Labute approximate surface area is 117 Å². The summed E-state index contributed by atoms with van der Waals surface area (Å²) in [4.78, 5) is 10.1. The van der Waals surface area contributed by atoms with Crippen LogP contribution in [0.5, 0.6) is 17.2 Å². The van der Waals surface area contributed by atoms with E-state index in [-0.39, 0.29) is 0 Å². The van der Waals surface area contributed by atoms with Gasteiger partial charge in [-0.15, -0.1) is 0 Å². The van der Waals surface area contributed by atoms with Gasteiger partial charge in [0.05, 0.1) is 19.9 Å². The van der Waals surface area contributed by atoms with E-state index in [1.807, 2.05) is 25.1 Å². The second-order valence-electron chi connectivity index (χ2n) is 4.19. The van der Waals surface area contributed by atoms with E-state index in [0.717, 1.165) is 5.56 Å². The van der Waals surface area contributed by atoms with Gasteiger partial charge in [-0.2, -0.15) is 0 Å². The van der Waals surface area contributed by atoms with Crippen LogP contribution in [0, 0.1) is 6.92 Å². The lowest BCUT2D eigenvalue weighted by Crippen LogP contribution is -2.05. The average Bonchev–Trinajstić information content (AvgIpc) is 2.47. The van der Waals surface area contributed by atoms with E-state index >= 15 is 0 Å². The first-order valence-electron chi connectivity index (χ1n) is 6.10. The van der Waals surface area contributed by atoms with Gasteiger partial charge in [0, 0.05) is 18.2 Å². The van der Waals surface area contributed by atoms with E-state index in [0.29, 0.717) is 22.9 Å². The van der Waals surface area contributed by atoms with E-state index in [1.165, 1.54) is 0 Å². The minimum atomic E-state index is 0.618. The topological polar surface area (TPSA) is 49.0 Å². The van der Waals surface area contributed by atoms with Crippen molar-refractivity contribution in [3.63, 3.8) is 0 Å². The number of anilines is 1. The van der Waals surface area contributed by atoms with Crippen LogP contribution in [0.3, 0.4) is 0 Å². The van der Waals surface area contributed by atoms with Gasteiger partial charge in [0.25, 0.3) is 0 Å². The summed E-state index contributed by atoms with van der Waals surface area (Å²) in [5.74, 6) is 1.93. The molecule has 5 nitrogen and oxygen atoms in total. The summed E-state index contributed by atoms with van der Waals surface area (Å²) in [5, 5.41) is 0. The summed E-state index contributed by atoms with van der Waals surface area (Å²) >= 11 is 0. The normalized spacial score (nSPS) is 9.95. The Morgan fingerprint density at radius 3 is 2.15 bits per heavy atom. The molecule has 1 N–H and O–H groups in total. The van der Waals surface area contributed by atoms with Gasteiger partial charge >= 0.3 is 0 Å². The molecule has 0 radical (unpaired) electrons. The largest absolute Gasteiger partial charge is 0.497 e. The second kappa shape index (κ2) is 6.68. The number of methoxy groups -OCH3 is 2. The summed E-state index contributed by atoms with van der Waals surface area (Å²) in [6, 6.07) is 12.8. The van der Waals surface area contributed by atoms with Crippen LogP contribution < -0.4 is 19.8 Å². The second-order valence-corrected chi connectivity index (χ2v) is 4.19. The fourth-order valence-corrected chi connectivity index (χ4v) is 1.65. The number of hydrogen-bond donors (Lipinski definition) is 1. The molecule has 2 aromatic rings. The molecule has 0 saturated heterocycles. The lowest BCUT2D eigenvalue weighted by atomic mass is 10.2. The molecule has 0 bridgehead atoms. The zero-order valence-corrected chi connectivity index (χ0v) is 11.7. The van der Waals surface area contributed by atoms with Crippen molar-refractivity contribution in [3.8, 4) is 17.2 Å². The van der Waals surface area contributed by atoms with Crippen LogP contribution in [0.1, 0.15) is 5.56 Å². The first kappa shape index (κ1) is 14.0. The molecule has 5 heteroatoms. The molecule has 0 amide bonds. The first-order valence-corrected chi connectivity index (χ1v) is 6.10. The third-order valence-electron chi connectivity index (χ3n) is 2.64. The number of hydrogen-bond acceptors (Lipinski definition) is 5. The fraction of sp³-hybridized carbons (Fsp3) is 0.200. The standard InChI is InChI=1S/C15H17NO4/c1-11-5-4-6-13(7-11)19-20-16-12-8-14(17-2)10-15(9-12)18-3/h4-10,16H,1-3H3. The predicted octanol–water partition coefficient (Wildman–Crippen LogP) is 3.35. The SMILES string of the molecule is COc1cc(NOOc2cccc(C)c2)cc(OC)c1. The van der Waals surface area contributed by atoms with Gasteiger partial charge in [-0.3, -0.25) is 0 Å². The highest BCUT2D eigenvalue weighted by Gasteiger charge is 2.02. The van der Waals surface area contributed by atoms with Crippen LogP contribution in [0.2, 0.25) is 0 Å². The molecule has 0 atom stereocenters. The first-order chi connectivity index (χ1) is 9.71. The van der Waals surface area contributed by atoms with Crippen LogP contribution in [0.4, 0.5) is 5.69 Å². The summed E-state index contributed by atoms with van der Waals surface area (Å²) in [6.07, 6.45) is 0. The summed E-state index contributed by atoms with van der Waals surface area (Å²) in [5.41, 5.74) is 4.43. The highest BCUT2D eigenvalue weighted by molar-refractivity contribution is 5.52. The highest BCUT2D eigenvalue weighted by atomic mass is 17.3. The van der Waals surface area contributed by atoms with Crippen LogP contribution in [-0.4, -0.2) is 14.2 Å². The predicted molar refractivity (Wildman–Crippen MR) is 76.1 cm³/mol. The van der Waals surface area contributed by atoms with Crippen molar-refractivity contribution in [2.45, 2.75) is 6.92 Å². The average molecular weight is 275 g/mol. The third-order valence-corrected chi connectivity index (χ3v) is 2.64. The van der Waals surface area contributed by atoms with Gasteiger partial charge in [-0.05, 0) is 24.6 Å². The third kappa shape index (κ3) is 3.80. The molecule has 0 aliphatic rings. The van der Waals surface area contributed by atoms with Crippen molar-refractivity contribution in [1.29, 1.82) is 0 Å². The number of benzene rings is 2. The van der Waals surface area contributed by atoms with Gasteiger partial charge in [0.15, 0.2) is 5.75 Å².